The minimum atomic E-state index is -0.976. The van der Waals surface area contributed by atoms with Crippen molar-refractivity contribution in [2.24, 2.45) is 0 Å². The maximum absolute atomic E-state index is 10.5. The van der Waals surface area contributed by atoms with Crippen LogP contribution in [0.1, 0.15) is 12.5 Å². The highest BCUT2D eigenvalue weighted by molar-refractivity contribution is 6.33. The van der Waals surface area contributed by atoms with E-state index in [1.165, 1.54) is 6.08 Å². The molecule has 0 fully saturated rings. The molecular formula is C14H18ClNO3. The van der Waals surface area contributed by atoms with Gasteiger partial charge < -0.3 is 14.7 Å². The molecule has 4 nitrogen and oxygen atoms in total. The number of carboxylic acid groups (broad SMARTS) is 1. The molecule has 1 rings (SSSR count). The van der Waals surface area contributed by atoms with Crippen LogP contribution < -0.4 is 4.90 Å². The summed E-state index contributed by atoms with van der Waals surface area (Å²) in [6.45, 7) is 4.26. The highest BCUT2D eigenvalue weighted by Crippen LogP contribution is 2.27. The van der Waals surface area contributed by atoms with Crippen LogP contribution in [0.4, 0.5) is 5.69 Å². The van der Waals surface area contributed by atoms with Crippen LogP contribution in [0, 0.1) is 0 Å². The van der Waals surface area contributed by atoms with E-state index in [4.69, 9.17) is 21.4 Å². The predicted octanol–water partition coefficient (Wildman–Crippen LogP) is 2.91. The quantitative estimate of drug-likeness (QED) is 0.782. The van der Waals surface area contributed by atoms with Gasteiger partial charge in [0.15, 0.2) is 0 Å². The van der Waals surface area contributed by atoms with Crippen molar-refractivity contribution in [3.63, 3.8) is 0 Å². The highest BCUT2D eigenvalue weighted by atomic mass is 35.5. The number of halogens is 1. The van der Waals surface area contributed by atoms with E-state index in [-0.39, 0.29) is 0 Å². The molecule has 0 aromatic heterocycles. The van der Waals surface area contributed by atoms with Crippen LogP contribution in [-0.4, -0.2) is 37.9 Å². The summed E-state index contributed by atoms with van der Waals surface area (Å²) in [7, 11) is 1.66. The molecule has 19 heavy (non-hydrogen) atoms. The van der Waals surface area contributed by atoms with E-state index >= 15 is 0 Å². The van der Waals surface area contributed by atoms with Crippen LogP contribution in [0.2, 0.25) is 5.02 Å². The number of hydrogen-bond donors (Lipinski definition) is 1. The number of likely N-dealkylation sites (N-methyl/N-ethyl adjacent to an activating group) is 1. The normalized spacial score (nSPS) is 10.9. The van der Waals surface area contributed by atoms with Crippen molar-refractivity contribution in [3.05, 3.63) is 34.9 Å². The summed E-state index contributed by atoms with van der Waals surface area (Å²) in [6, 6.07) is 5.49. The number of ether oxygens (including phenoxy) is 1. The van der Waals surface area contributed by atoms with Crippen LogP contribution in [0.15, 0.2) is 24.3 Å². The number of carboxylic acids is 1. The second kappa shape index (κ2) is 7.81. The number of anilines is 1. The number of hydrogen-bond acceptors (Lipinski definition) is 3. The molecule has 0 aliphatic rings. The number of methoxy groups -OCH3 is 1. The molecule has 0 aliphatic heterocycles. The van der Waals surface area contributed by atoms with Gasteiger partial charge in [0.05, 0.1) is 17.3 Å². The molecule has 0 atom stereocenters. The third-order valence-electron chi connectivity index (χ3n) is 2.68. The fraction of sp³-hybridized carbons (Fsp3) is 0.357. The van der Waals surface area contributed by atoms with Gasteiger partial charge in [-0.05, 0) is 30.7 Å². The number of rotatable bonds is 7. The standard InChI is InChI=1S/C14H18ClNO3/c1-3-16(8-9-19-2)13-6-4-11(10-12(13)15)5-7-14(17)18/h4-7,10H,3,8-9H2,1-2H3,(H,17,18)/b7-5+. The average molecular weight is 284 g/mol. The first-order valence-electron chi connectivity index (χ1n) is 6.03. The Hall–Kier alpha value is -1.52. The highest BCUT2D eigenvalue weighted by Gasteiger charge is 2.08. The third kappa shape index (κ3) is 4.93. The summed E-state index contributed by atoms with van der Waals surface area (Å²) in [6.07, 6.45) is 2.61. The van der Waals surface area contributed by atoms with Crippen molar-refractivity contribution in [3.8, 4) is 0 Å². The summed E-state index contributed by atoms with van der Waals surface area (Å²) < 4.78 is 5.06. The fourth-order valence-corrected chi connectivity index (χ4v) is 2.01. The van der Waals surface area contributed by atoms with Gasteiger partial charge in [0.1, 0.15) is 0 Å². The van der Waals surface area contributed by atoms with Gasteiger partial charge in [-0.3, -0.25) is 0 Å². The SMILES string of the molecule is CCN(CCOC)c1ccc(/C=C/C(=O)O)cc1Cl. The molecule has 1 N–H and O–H groups in total. The van der Waals surface area contributed by atoms with Crippen LogP contribution in [-0.2, 0) is 9.53 Å². The molecule has 0 aliphatic carbocycles. The Kier molecular flexibility index (Phi) is 6.39. The molecule has 5 heteroatoms. The maximum Gasteiger partial charge on any atom is 0.328 e. The van der Waals surface area contributed by atoms with Crippen molar-refractivity contribution in [1.82, 2.24) is 0 Å². The Morgan fingerprint density at radius 3 is 2.79 bits per heavy atom. The Bertz CT molecular complexity index is 460. The monoisotopic (exact) mass is 283 g/mol. The van der Waals surface area contributed by atoms with Crippen molar-refractivity contribution < 1.29 is 14.6 Å². The molecule has 0 heterocycles. The zero-order valence-electron chi connectivity index (χ0n) is 11.1. The van der Waals surface area contributed by atoms with E-state index in [1.54, 1.807) is 13.2 Å². The zero-order chi connectivity index (χ0) is 14.3. The molecule has 0 amide bonds. The molecule has 1 aromatic carbocycles. The van der Waals surface area contributed by atoms with Gasteiger partial charge >= 0.3 is 5.97 Å². The van der Waals surface area contributed by atoms with Crippen molar-refractivity contribution in [1.29, 1.82) is 0 Å². The van der Waals surface area contributed by atoms with Crippen LogP contribution in [0.5, 0.6) is 0 Å². The first-order chi connectivity index (χ1) is 9.08. The minimum Gasteiger partial charge on any atom is -0.478 e. The molecule has 0 spiro atoms. The number of benzene rings is 1. The largest absolute Gasteiger partial charge is 0.478 e. The summed E-state index contributed by atoms with van der Waals surface area (Å²) in [5.74, 6) is -0.976. The average Bonchev–Trinajstić information content (AvgIpc) is 2.39. The van der Waals surface area contributed by atoms with E-state index < -0.39 is 5.97 Å². The Labute approximate surface area is 118 Å². The minimum absolute atomic E-state index is 0.602. The molecular weight excluding hydrogens is 266 g/mol. The van der Waals surface area contributed by atoms with E-state index in [0.29, 0.717) is 11.6 Å². The summed E-state index contributed by atoms with van der Waals surface area (Å²) in [4.78, 5) is 12.6. The maximum atomic E-state index is 10.5. The summed E-state index contributed by atoms with van der Waals surface area (Å²) in [5, 5.41) is 9.18. The van der Waals surface area contributed by atoms with Gasteiger partial charge in [-0.15, -0.1) is 0 Å². The molecule has 0 saturated carbocycles. The number of aliphatic carboxylic acids is 1. The lowest BCUT2D eigenvalue weighted by Gasteiger charge is -2.24. The Balaban J connectivity index is 2.89. The van der Waals surface area contributed by atoms with Crippen LogP contribution >= 0.6 is 11.6 Å². The second-order valence-corrected chi connectivity index (χ2v) is 4.36. The van der Waals surface area contributed by atoms with E-state index in [9.17, 15) is 4.79 Å². The lowest BCUT2D eigenvalue weighted by Crippen LogP contribution is -2.27. The van der Waals surface area contributed by atoms with E-state index in [2.05, 4.69) is 4.90 Å². The van der Waals surface area contributed by atoms with E-state index in [1.807, 2.05) is 19.1 Å². The molecule has 104 valence electrons. The van der Waals surface area contributed by atoms with Gasteiger partial charge in [0.2, 0.25) is 0 Å². The number of carbonyl (C=O) groups is 1. The zero-order valence-corrected chi connectivity index (χ0v) is 11.9. The number of nitrogens with zero attached hydrogens (tertiary/aromatic N) is 1. The second-order valence-electron chi connectivity index (χ2n) is 3.95. The molecule has 1 aromatic rings. The molecule has 0 bridgehead atoms. The van der Waals surface area contributed by atoms with Gasteiger partial charge in [-0.1, -0.05) is 17.7 Å². The molecule has 0 unspecified atom stereocenters. The van der Waals surface area contributed by atoms with Crippen molar-refractivity contribution in [2.75, 3.05) is 31.7 Å². The lowest BCUT2D eigenvalue weighted by molar-refractivity contribution is -0.131. The smallest absolute Gasteiger partial charge is 0.328 e. The van der Waals surface area contributed by atoms with Crippen molar-refractivity contribution in [2.45, 2.75) is 6.92 Å². The molecule has 0 saturated heterocycles. The third-order valence-corrected chi connectivity index (χ3v) is 2.98. The Morgan fingerprint density at radius 1 is 1.53 bits per heavy atom. The topological polar surface area (TPSA) is 49.8 Å². The van der Waals surface area contributed by atoms with Gasteiger partial charge in [-0.25, -0.2) is 4.79 Å². The first-order valence-corrected chi connectivity index (χ1v) is 6.40. The van der Waals surface area contributed by atoms with Crippen LogP contribution in [0.25, 0.3) is 6.08 Å². The Morgan fingerprint density at radius 2 is 2.26 bits per heavy atom. The summed E-state index contributed by atoms with van der Waals surface area (Å²) >= 11 is 6.23. The van der Waals surface area contributed by atoms with Crippen molar-refractivity contribution >= 4 is 29.3 Å². The van der Waals surface area contributed by atoms with Gasteiger partial charge in [-0.2, -0.15) is 0 Å². The fourth-order valence-electron chi connectivity index (χ4n) is 1.70. The van der Waals surface area contributed by atoms with E-state index in [0.717, 1.165) is 30.4 Å². The summed E-state index contributed by atoms with van der Waals surface area (Å²) in [5.41, 5.74) is 1.69. The predicted molar refractivity (Wildman–Crippen MR) is 77.9 cm³/mol. The first kappa shape index (κ1) is 15.5. The van der Waals surface area contributed by atoms with Gasteiger partial charge in [0.25, 0.3) is 0 Å². The molecule has 0 radical (unpaired) electrons. The van der Waals surface area contributed by atoms with Crippen LogP contribution in [0.3, 0.4) is 0 Å². The lowest BCUT2D eigenvalue weighted by atomic mass is 10.1. The van der Waals surface area contributed by atoms with Gasteiger partial charge in [0, 0.05) is 26.3 Å².